The highest BCUT2D eigenvalue weighted by Gasteiger charge is 2.24. The van der Waals surface area contributed by atoms with E-state index in [1.54, 1.807) is 16.9 Å². The minimum Gasteiger partial charge on any atom is -0.357 e. The predicted octanol–water partition coefficient (Wildman–Crippen LogP) is 3.47. The smallest absolute Gasteiger partial charge is 0.256 e. The van der Waals surface area contributed by atoms with E-state index in [4.69, 9.17) is 0 Å². The molecule has 1 atom stereocenters. The molecule has 1 saturated heterocycles. The lowest BCUT2D eigenvalue weighted by Gasteiger charge is -2.17. The van der Waals surface area contributed by atoms with Gasteiger partial charge in [0.05, 0.1) is 17.2 Å². The molecule has 4 aromatic rings. The summed E-state index contributed by atoms with van der Waals surface area (Å²) in [6.07, 6.45) is 5.95. The Morgan fingerprint density at radius 2 is 2.07 bits per heavy atom. The summed E-state index contributed by atoms with van der Waals surface area (Å²) in [4.78, 5) is 23.0. The fourth-order valence-corrected chi connectivity index (χ4v) is 4.09. The Bertz CT molecular complexity index is 1190. The molecule has 0 saturated carbocycles. The van der Waals surface area contributed by atoms with Crippen LogP contribution in [-0.4, -0.2) is 44.1 Å². The second-order valence-electron chi connectivity index (χ2n) is 7.52. The van der Waals surface area contributed by atoms with Crippen molar-refractivity contribution < 1.29 is 4.79 Å². The molecule has 142 valence electrons. The topological polar surface area (TPSA) is 78.8 Å². The molecule has 1 fully saturated rings. The molecule has 3 aromatic heterocycles. The average Bonchev–Trinajstić information content (AvgIpc) is 3.39. The number of aromatic nitrogens is 4. The van der Waals surface area contributed by atoms with Gasteiger partial charge in [-0.3, -0.25) is 14.4 Å². The van der Waals surface area contributed by atoms with Crippen molar-refractivity contribution in [2.24, 2.45) is 7.05 Å². The Kier molecular flexibility index (Phi) is 3.91. The minimum absolute atomic E-state index is 0.181. The summed E-state index contributed by atoms with van der Waals surface area (Å²) in [5, 5.41) is 9.12. The number of aromatic amines is 1. The Morgan fingerprint density at radius 1 is 1.18 bits per heavy atom. The number of nitrogens with one attached hydrogen (secondary N) is 2. The van der Waals surface area contributed by atoms with Crippen LogP contribution in [0.2, 0.25) is 0 Å². The van der Waals surface area contributed by atoms with Crippen LogP contribution in [0, 0.1) is 0 Å². The fraction of sp³-hybridized carbons (Fsp3) is 0.286. The van der Waals surface area contributed by atoms with E-state index in [-0.39, 0.29) is 5.91 Å². The lowest BCUT2D eigenvalue weighted by Crippen LogP contribution is -2.17. The number of hydrogen-bond acceptors (Lipinski definition) is 4. The van der Waals surface area contributed by atoms with Crippen molar-refractivity contribution in [2.45, 2.75) is 18.9 Å². The number of nitrogens with zero attached hydrogens (tertiary/aromatic N) is 4. The maximum Gasteiger partial charge on any atom is 0.256 e. The summed E-state index contributed by atoms with van der Waals surface area (Å²) in [7, 11) is 4.04. The SMILES string of the molecule is CN1CCCC1c1cc2cnc(NC(=O)c3ccc4c(cnn4C)c3)cc2[nH]1. The first-order valence-electron chi connectivity index (χ1n) is 9.50. The number of rotatable bonds is 3. The number of fused-ring (bicyclic) bond motifs is 2. The highest BCUT2D eigenvalue weighted by atomic mass is 16.1. The summed E-state index contributed by atoms with van der Waals surface area (Å²) < 4.78 is 1.79. The minimum atomic E-state index is -0.181. The zero-order valence-corrected chi connectivity index (χ0v) is 15.9. The number of anilines is 1. The molecule has 1 aromatic carbocycles. The van der Waals surface area contributed by atoms with E-state index in [1.807, 2.05) is 31.4 Å². The van der Waals surface area contributed by atoms with Gasteiger partial charge in [-0.1, -0.05) is 0 Å². The molecule has 7 heteroatoms. The molecule has 1 aliphatic rings. The van der Waals surface area contributed by atoms with Crippen LogP contribution in [0.3, 0.4) is 0 Å². The van der Waals surface area contributed by atoms with Crippen LogP contribution in [0.15, 0.2) is 42.7 Å². The number of hydrogen-bond donors (Lipinski definition) is 2. The van der Waals surface area contributed by atoms with Crippen LogP contribution >= 0.6 is 0 Å². The quantitative estimate of drug-likeness (QED) is 0.576. The van der Waals surface area contributed by atoms with Gasteiger partial charge in [-0.15, -0.1) is 0 Å². The van der Waals surface area contributed by atoms with Gasteiger partial charge in [0, 0.05) is 47.4 Å². The van der Waals surface area contributed by atoms with E-state index in [9.17, 15) is 4.79 Å². The summed E-state index contributed by atoms with van der Waals surface area (Å²) in [6.45, 7) is 1.13. The van der Waals surface area contributed by atoms with Gasteiger partial charge >= 0.3 is 0 Å². The monoisotopic (exact) mass is 374 g/mol. The summed E-state index contributed by atoms with van der Waals surface area (Å²) >= 11 is 0. The summed E-state index contributed by atoms with van der Waals surface area (Å²) in [5.41, 5.74) is 3.78. The van der Waals surface area contributed by atoms with Crippen LogP contribution in [-0.2, 0) is 7.05 Å². The summed E-state index contributed by atoms with van der Waals surface area (Å²) in [5.74, 6) is 0.358. The van der Waals surface area contributed by atoms with E-state index in [2.05, 4.69) is 38.4 Å². The van der Waals surface area contributed by atoms with Crippen molar-refractivity contribution in [3.05, 3.63) is 54.0 Å². The Labute approximate surface area is 162 Å². The maximum absolute atomic E-state index is 12.7. The molecule has 5 rings (SSSR count). The summed E-state index contributed by atoms with van der Waals surface area (Å²) in [6, 6.07) is 10.0. The zero-order valence-electron chi connectivity index (χ0n) is 15.9. The number of H-pyrrole nitrogens is 1. The van der Waals surface area contributed by atoms with Gasteiger partial charge in [-0.2, -0.15) is 5.10 Å². The zero-order chi connectivity index (χ0) is 19.3. The van der Waals surface area contributed by atoms with Crippen LogP contribution in [0.25, 0.3) is 21.8 Å². The van der Waals surface area contributed by atoms with Crippen molar-refractivity contribution in [3.8, 4) is 0 Å². The molecule has 1 aliphatic heterocycles. The molecular formula is C21H22N6O. The first-order chi connectivity index (χ1) is 13.6. The number of amides is 1. The molecule has 2 N–H and O–H groups in total. The Balaban J connectivity index is 1.39. The van der Waals surface area contributed by atoms with Gasteiger partial charge in [-0.25, -0.2) is 4.98 Å². The number of aryl methyl sites for hydroxylation is 1. The van der Waals surface area contributed by atoms with Crippen molar-refractivity contribution in [2.75, 3.05) is 18.9 Å². The molecule has 4 heterocycles. The van der Waals surface area contributed by atoms with Crippen molar-refractivity contribution in [1.82, 2.24) is 24.6 Å². The van der Waals surface area contributed by atoms with Gasteiger partial charge in [0.15, 0.2) is 0 Å². The van der Waals surface area contributed by atoms with Gasteiger partial charge in [-0.05, 0) is 50.7 Å². The van der Waals surface area contributed by atoms with Crippen molar-refractivity contribution >= 4 is 33.5 Å². The number of carbonyl (C=O) groups is 1. The molecule has 0 aliphatic carbocycles. The molecule has 1 amide bonds. The maximum atomic E-state index is 12.7. The lowest BCUT2D eigenvalue weighted by atomic mass is 10.1. The standard InChI is InChI=1S/C21H22N6O/c1-26-7-3-4-19(26)17-9-14-11-22-20(10-16(14)24-17)25-21(28)13-5-6-18-15(8-13)12-23-27(18)2/h5-6,8-12,19,24H,3-4,7H2,1-2H3,(H,22,25,28). The molecule has 1 unspecified atom stereocenters. The third-order valence-corrected chi connectivity index (χ3v) is 5.65. The van der Waals surface area contributed by atoms with Gasteiger partial charge in [0.1, 0.15) is 5.82 Å². The molecule has 0 radical (unpaired) electrons. The van der Waals surface area contributed by atoms with Gasteiger partial charge < -0.3 is 10.3 Å². The molecule has 0 spiro atoms. The van der Waals surface area contributed by atoms with Gasteiger partial charge in [0.25, 0.3) is 5.91 Å². The normalized spacial score (nSPS) is 17.6. The van der Waals surface area contributed by atoms with Crippen LogP contribution in [0.5, 0.6) is 0 Å². The third-order valence-electron chi connectivity index (χ3n) is 5.65. The van der Waals surface area contributed by atoms with E-state index in [1.165, 1.54) is 12.1 Å². The highest BCUT2D eigenvalue weighted by Crippen LogP contribution is 2.32. The van der Waals surface area contributed by atoms with E-state index in [0.717, 1.165) is 34.8 Å². The first-order valence-corrected chi connectivity index (χ1v) is 9.50. The first kappa shape index (κ1) is 16.9. The molecule has 7 nitrogen and oxygen atoms in total. The Morgan fingerprint density at radius 3 is 2.89 bits per heavy atom. The third kappa shape index (κ3) is 2.84. The lowest BCUT2D eigenvalue weighted by molar-refractivity contribution is 0.102. The number of pyridine rings is 1. The number of benzene rings is 1. The van der Waals surface area contributed by atoms with E-state index < -0.39 is 0 Å². The Hall–Kier alpha value is -3.19. The number of likely N-dealkylation sites (tertiary alicyclic amines) is 1. The second kappa shape index (κ2) is 6.45. The van der Waals surface area contributed by atoms with E-state index in [0.29, 0.717) is 17.4 Å². The molecular weight excluding hydrogens is 352 g/mol. The van der Waals surface area contributed by atoms with Gasteiger partial charge in [0.2, 0.25) is 0 Å². The van der Waals surface area contributed by atoms with Crippen LogP contribution in [0.4, 0.5) is 5.82 Å². The largest absolute Gasteiger partial charge is 0.357 e. The van der Waals surface area contributed by atoms with Crippen molar-refractivity contribution in [3.63, 3.8) is 0 Å². The molecule has 28 heavy (non-hydrogen) atoms. The van der Waals surface area contributed by atoms with E-state index >= 15 is 0 Å². The predicted molar refractivity (Wildman–Crippen MR) is 109 cm³/mol. The number of carbonyl (C=O) groups excluding carboxylic acids is 1. The van der Waals surface area contributed by atoms with Crippen molar-refractivity contribution in [1.29, 1.82) is 0 Å². The molecule has 0 bridgehead atoms. The average molecular weight is 374 g/mol. The fourth-order valence-electron chi connectivity index (χ4n) is 4.09. The van der Waals surface area contributed by atoms with Crippen LogP contribution in [0.1, 0.15) is 34.9 Å². The highest BCUT2D eigenvalue weighted by molar-refractivity contribution is 6.06. The van der Waals surface area contributed by atoms with Crippen LogP contribution < -0.4 is 5.32 Å². The second-order valence-corrected chi connectivity index (χ2v) is 7.52.